The second-order valence-electron chi connectivity index (χ2n) is 5.54. The van der Waals surface area contributed by atoms with Gasteiger partial charge in [0.1, 0.15) is 5.75 Å². The van der Waals surface area contributed by atoms with Gasteiger partial charge in [0, 0.05) is 12.1 Å². The molecule has 2 aromatic rings. The number of sulfonamides is 1. The molecule has 1 amide bonds. The van der Waals surface area contributed by atoms with Gasteiger partial charge in [-0.15, -0.1) is 0 Å². The Morgan fingerprint density at radius 2 is 1.88 bits per heavy atom. The highest BCUT2D eigenvalue weighted by Crippen LogP contribution is 2.26. The molecule has 0 spiro atoms. The minimum atomic E-state index is -3.85. The first-order chi connectivity index (χ1) is 11.9. The lowest BCUT2D eigenvalue weighted by Gasteiger charge is -2.13. The van der Waals surface area contributed by atoms with Crippen LogP contribution in [0.15, 0.2) is 47.4 Å². The van der Waals surface area contributed by atoms with Crippen molar-refractivity contribution in [3.63, 3.8) is 0 Å². The molecule has 0 bridgehead atoms. The van der Waals surface area contributed by atoms with Gasteiger partial charge in [0.25, 0.3) is 15.9 Å². The largest absolute Gasteiger partial charge is 0.495 e. The fourth-order valence-corrected chi connectivity index (χ4v) is 3.38. The molecule has 2 rings (SSSR count). The van der Waals surface area contributed by atoms with Gasteiger partial charge in [-0.25, -0.2) is 8.42 Å². The zero-order valence-electron chi connectivity index (χ0n) is 14.5. The summed E-state index contributed by atoms with van der Waals surface area (Å²) in [5.74, 6) is 0.132. The Morgan fingerprint density at radius 3 is 2.56 bits per heavy atom. The molecule has 0 aliphatic heterocycles. The molecule has 0 radical (unpaired) electrons. The molecule has 134 valence electrons. The summed E-state index contributed by atoms with van der Waals surface area (Å²) >= 11 is 0. The second-order valence-corrected chi connectivity index (χ2v) is 7.22. The van der Waals surface area contributed by atoms with Crippen LogP contribution in [0.1, 0.15) is 29.3 Å². The van der Waals surface area contributed by atoms with E-state index in [9.17, 15) is 13.2 Å². The molecule has 0 aliphatic carbocycles. The first-order valence-corrected chi connectivity index (χ1v) is 9.42. The maximum Gasteiger partial charge on any atom is 0.262 e. The quantitative estimate of drug-likeness (QED) is 0.793. The minimum absolute atomic E-state index is 0.0191. The molecular weight excluding hydrogens is 340 g/mol. The van der Waals surface area contributed by atoms with Crippen molar-refractivity contribution in [2.45, 2.75) is 25.2 Å². The predicted molar refractivity (Wildman–Crippen MR) is 97.6 cm³/mol. The Morgan fingerprint density at radius 1 is 1.16 bits per heavy atom. The number of carbonyl (C=O) groups is 1. The molecule has 0 heterocycles. The van der Waals surface area contributed by atoms with Gasteiger partial charge in [-0.2, -0.15) is 0 Å². The Bertz CT molecular complexity index is 863. The second kappa shape index (κ2) is 8.02. The lowest BCUT2D eigenvalue weighted by molar-refractivity contribution is 0.0953. The Labute approximate surface area is 148 Å². The number of ether oxygens (including phenoxy) is 1. The van der Waals surface area contributed by atoms with Gasteiger partial charge in [-0.05, 0) is 43.2 Å². The van der Waals surface area contributed by atoms with E-state index < -0.39 is 10.0 Å². The van der Waals surface area contributed by atoms with E-state index >= 15 is 0 Å². The fourth-order valence-electron chi connectivity index (χ4n) is 2.28. The van der Waals surface area contributed by atoms with Gasteiger partial charge in [0.15, 0.2) is 0 Å². The van der Waals surface area contributed by atoms with Crippen LogP contribution >= 0.6 is 0 Å². The highest BCUT2D eigenvalue weighted by atomic mass is 32.2. The van der Waals surface area contributed by atoms with Crippen LogP contribution in [-0.4, -0.2) is 28.0 Å². The van der Waals surface area contributed by atoms with E-state index in [0.717, 1.165) is 6.42 Å². The van der Waals surface area contributed by atoms with Crippen molar-refractivity contribution in [1.29, 1.82) is 0 Å². The summed E-state index contributed by atoms with van der Waals surface area (Å²) in [5.41, 5.74) is 1.39. The molecule has 6 nitrogen and oxygen atoms in total. The summed E-state index contributed by atoms with van der Waals surface area (Å²) in [7, 11) is -2.38. The average Bonchev–Trinajstić information content (AvgIpc) is 2.60. The normalized spacial score (nSPS) is 11.0. The molecule has 2 N–H and O–H groups in total. The van der Waals surface area contributed by atoms with E-state index in [1.165, 1.54) is 19.2 Å². The SMILES string of the molecule is CCCNC(=O)c1cc(S(=O)(=O)Nc2ccccc2OC)ccc1C. The summed E-state index contributed by atoms with van der Waals surface area (Å²) < 4.78 is 33.0. The van der Waals surface area contributed by atoms with Crippen molar-refractivity contribution in [2.75, 3.05) is 18.4 Å². The molecule has 0 unspecified atom stereocenters. The van der Waals surface area contributed by atoms with E-state index in [-0.39, 0.29) is 10.8 Å². The van der Waals surface area contributed by atoms with Gasteiger partial charge in [-0.1, -0.05) is 25.1 Å². The maximum absolute atomic E-state index is 12.7. The lowest BCUT2D eigenvalue weighted by atomic mass is 10.1. The number of para-hydroxylation sites is 2. The predicted octanol–water partition coefficient (Wildman–Crippen LogP) is 2.94. The van der Waals surface area contributed by atoms with Crippen LogP contribution in [-0.2, 0) is 10.0 Å². The van der Waals surface area contributed by atoms with E-state index in [2.05, 4.69) is 10.0 Å². The van der Waals surface area contributed by atoms with E-state index in [0.29, 0.717) is 29.1 Å². The van der Waals surface area contributed by atoms with Crippen LogP contribution in [0.3, 0.4) is 0 Å². The smallest absolute Gasteiger partial charge is 0.262 e. The zero-order valence-corrected chi connectivity index (χ0v) is 15.3. The highest BCUT2D eigenvalue weighted by Gasteiger charge is 2.19. The van der Waals surface area contributed by atoms with E-state index in [1.54, 1.807) is 37.3 Å². The van der Waals surface area contributed by atoms with Crippen molar-refractivity contribution >= 4 is 21.6 Å². The van der Waals surface area contributed by atoms with Crippen molar-refractivity contribution < 1.29 is 17.9 Å². The van der Waals surface area contributed by atoms with Gasteiger partial charge in [0.05, 0.1) is 17.7 Å². The van der Waals surface area contributed by atoms with E-state index in [1.807, 2.05) is 6.92 Å². The number of benzene rings is 2. The number of amides is 1. The van der Waals surface area contributed by atoms with Crippen molar-refractivity contribution in [3.05, 3.63) is 53.6 Å². The number of hydrogen-bond acceptors (Lipinski definition) is 4. The Balaban J connectivity index is 2.35. The first kappa shape index (κ1) is 18.8. The number of carbonyl (C=O) groups excluding carboxylic acids is 1. The van der Waals surface area contributed by atoms with Gasteiger partial charge < -0.3 is 10.1 Å². The molecule has 0 saturated heterocycles. The monoisotopic (exact) mass is 362 g/mol. The average molecular weight is 362 g/mol. The van der Waals surface area contributed by atoms with Crippen LogP contribution in [0.2, 0.25) is 0 Å². The Kier molecular flexibility index (Phi) is 6.03. The van der Waals surface area contributed by atoms with Crippen LogP contribution in [0.4, 0.5) is 5.69 Å². The number of methoxy groups -OCH3 is 1. The van der Waals surface area contributed by atoms with Crippen molar-refractivity contribution in [2.24, 2.45) is 0 Å². The number of rotatable bonds is 7. The minimum Gasteiger partial charge on any atom is -0.495 e. The van der Waals surface area contributed by atoms with Crippen LogP contribution in [0, 0.1) is 6.92 Å². The summed E-state index contributed by atoms with van der Waals surface area (Å²) in [6.45, 7) is 4.25. The summed E-state index contributed by atoms with van der Waals surface area (Å²) in [5, 5.41) is 2.76. The number of nitrogens with one attached hydrogen (secondary N) is 2. The van der Waals surface area contributed by atoms with Crippen LogP contribution < -0.4 is 14.8 Å². The highest BCUT2D eigenvalue weighted by molar-refractivity contribution is 7.92. The first-order valence-electron chi connectivity index (χ1n) is 7.93. The fraction of sp³-hybridized carbons (Fsp3) is 0.278. The molecule has 0 aliphatic rings. The standard InChI is InChI=1S/C18H22N2O4S/c1-4-11-19-18(21)15-12-14(10-9-13(15)2)25(22,23)20-16-7-5-6-8-17(16)24-3/h5-10,12,20H,4,11H2,1-3H3,(H,19,21). The Hall–Kier alpha value is -2.54. The molecular formula is C18H22N2O4S. The third-order valence-electron chi connectivity index (χ3n) is 3.65. The summed E-state index contributed by atoms with van der Waals surface area (Å²) in [6, 6.07) is 11.2. The number of aryl methyl sites for hydroxylation is 1. The number of hydrogen-bond donors (Lipinski definition) is 2. The molecule has 7 heteroatoms. The van der Waals surface area contributed by atoms with Gasteiger partial charge >= 0.3 is 0 Å². The summed E-state index contributed by atoms with van der Waals surface area (Å²) in [4.78, 5) is 12.2. The molecule has 0 saturated carbocycles. The van der Waals surface area contributed by atoms with Crippen molar-refractivity contribution in [1.82, 2.24) is 5.32 Å². The van der Waals surface area contributed by atoms with Gasteiger partial charge in [0.2, 0.25) is 0 Å². The summed E-state index contributed by atoms with van der Waals surface area (Å²) in [6.07, 6.45) is 0.804. The third kappa shape index (κ3) is 4.51. The van der Waals surface area contributed by atoms with Crippen LogP contribution in [0.5, 0.6) is 5.75 Å². The maximum atomic E-state index is 12.7. The van der Waals surface area contributed by atoms with Gasteiger partial charge in [-0.3, -0.25) is 9.52 Å². The molecule has 0 atom stereocenters. The topological polar surface area (TPSA) is 84.5 Å². The van der Waals surface area contributed by atoms with Crippen LogP contribution in [0.25, 0.3) is 0 Å². The molecule has 25 heavy (non-hydrogen) atoms. The number of anilines is 1. The molecule has 0 aromatic heterocycles. The lowest BCUT2D eigenvalue weighted by Crippen LogP contribution is -2.25. The van der Waals surface area contributed by atoms with Crippen molar-refractivity contribution in [3.8, 4) is 5.75 Å². The molecule has 2 aromatic carbocycles. The third-order valence-corrected chi connectivity index (χ3v) is 5.01. The zero-order chi connectivity index (χ0) is 18.4. The molecule has 0 fully saturated rings. The van der Waals surface area contributed by atoms with E-state index in [4.69, 9.17) is 4.74 Å².